The lowest BCUT2D eigenvalue weighted by molar-refractivity contribution is 0.269. The molecule has 0 atom stereocenters. The van der Waals surface area contributed by atoms with E-state index in [1.54, 1.807) is 0 Å². The molecular formula is C24H26ClNO2. The van der Waals surface area contributed by atoms with E-state index in [2.05, 4.69) is 43.4 Å². The summed E-state index contributed by atoms with van der Waals surface area (Å²) in [5, 5.41) is 4.21. The van der Waals surface area contributed by atoms with E-state index in [9.17, 15) is 0 Å². The minimum atomic E-state index is 0.403. The van der Waals surface area contributed by atoms with Gasteiger partial charge in [-0.25, -0.2) is 0 Å². The molecule has 0 aliphatic heterocycles. The van der Waals surface area contributed by atoms with E-state index in [0.29, 0.717) is 18.2 Å². The van der Waals surface area contributed by atoms with Crippen LogP contribution in [0.25, 0.3) is 0 Å². The van der Waals surface area contributed by atoms with E-state index < -0.39 is 0 Å². The summed E-state index contributed by atoms with van der Waals surface area (Å²) < 4.78 is 11.8. The Morgan fingerprint density at radius 2 is 1.71 bits per heavy atom. The number of hydrogen-bond acceptors (Lipinski definition) is 3. The molecule has 0 aliphatic carbocycles. The predicted molar refractivity (Wildman–Crippen MR) is 117 cm³/mol. The molecule has 0 amide bonds. The van der Waals surface area contributed by atoms with Gasteiger partial charge in [-0.3, -0.25) is 0 Å². The van der Waals surface area contributed by atoms with E-state index in [1.165, 1.54) is 11.1 Å². The Kier molecular flexibility index (Phi) is 6.83. The van der Waals surface area contributed by atoms with Gasteiger partial charge in [0.25, 0.3) is 0 Å². The minimum absolute atomic E-state index is 0.403. The van der Waals surface area contributed by atoms with Crippen LogP contribution in [-0.4, -0.2) is 6.61 Å². The van der Waals surface area contributed by atoms with Crippen LogP contribution >= 0.6 is 11.6 Å². The number of halogens is 1. The summed E-state index contributed by atoms with van der Waals surface area (Å²) >= 11 is 6.22. The van der Waals surface area contributed by atoms with Gasteiger partial charge in [0, 0.05) is 22.8 Å². The lowest BCUT2D eigenvalue weighted by Gasteiger charge is -2.15. The van der Waals surface area contributed by atoms with Gasteiger partial charge >= 0.3 is 0 Å². The van der Waals surface area contributed by atoms with Gasteiger partial charge in [-0.05, 0) is 61.7 Å². The second-order valence-electron chi connectivity index (χ2n) is 6.77. The van der Waals surface area contributed by atoms with Gasteiger partial charge in [-0.1, -0.05) is 48.0 Å². The number of ether oxygens (including phenoxy) is 2. The van der Waals surface area contributed by atoms with Gasteiger partial charge in [0.15, 0.2) is 11.5 Å². The molecule has 0 radical (unpaired) electrons. The molecule has 28 heavy (non-hydrogen) atoms. The number of benzene rings is 3. The maximum absolute atomic E-state index is 6.22. The zero-order valence-corrected chi connectivity index (χ0v) is 17.3. The number of rotatable bonds is 8. The van der Waals surface area contributed by atoms with Gasteiger partial charge in [-0.15, -0.1) is 0 Å². The highest BCUT2D eigenvalue weighted by molar-refractivity contribution is 6.31. The Morgan fingerprint density at radius 3 is 2.50 bits per heavy atom. The molecular weight excluding hydrogens is 370 g/mol. The van der Waals surface area contributed by atoms with Gasteiger partial charge in [-0.2, -0.15) is 0 Å². The molecule has 0 spiro atoms. The Labute approximate surface area is 172 Å². The molecule has 3 rings (SSSR count). The normalized spacial score (nSPS) is 10.6. The van der Waals surface area contributed by atoms with Crippen LogP contribution in [0.5, 0.6) is 11.5 Å². The first-order valence-electron chi connectivity index (χ1n) is 9.50. The van der Waals surface area contributed by atoms with Crippen molar-refractivity contribution in [3.8, 4) is 11.5 Å². The predicted octanol–water partition coefficient (Wildman–Crippen LogP) is 6.55. The fourth-order valence-electron chi connectivity index (χ4n) is 2.94. The third-order valence-electron chi connectivity index (χ3n) is 4.53. The van der Waals surface area contributed by atoms with E-state index in [-0.39, 0.29) is 0 Å². The standard InChI is InChI=1S/C24H26ClNO2/c1-4-27-24-14-19(15-26-22-13-17(2)9-10-18(22)3)11-12-23(24)28-16-20-7-5-6-8-21(20)25/h5-14,26H,4,15-16H2,1-3H3. The van der Waals surface area contributed by atoms with Gasteiger partial charge in [0.05, 0.1) is 6.61 Å². The van der Waals surface area contributed by atoms with Crippen molar-refractivity contribution in [3.63, 3.8) is 0 Å². The first-order valence-corrected chi connectivity index (χ1v) is 9.87. The van der Waals surface area contributed by atoms with Crippen molar-refractivity contribution < 1.29 is 9.47 Å². The molecule has 0 aliphatic rings. The Bertz CT molecular complexity index is 940. The second kappa shape index (κ2) is 9.52. The summed E-state index contributed by atoms with van der Waals surface area (Å²) in [7, 11) is 0. The molecule has 4 heteroatoms. The fourth-order valence-corrected chi connectivity index (χ4v) is 3.13. The summed E-state index contributed by atoms with van der Waals surface area (Å²) in [6.07, 6.45) is 0. The molecule has 146 valence electrons. The summed E-state index contributed by atoms with van der Waals surface area (Å²) in [6, 6.07) is 20.2. The van der Waals surface area contributed by atoms with Crippen LogP contribution in [0.2, 0.25) is 5.02 Å². The molecule has 0 fully saturated rings. The van der Waals surface area contributed by atoms with Crippen LogP contribution in [-0.2, 0) is 13.2 Å². The Morgan fingerprint density at radius 1 is 0.893 bits per heavy atom. The second-order valence-corrected chi connectivity index (χ2v) is 7.17. The number of hydrogen-bond donors (Lipinski definition) is 1. The largest absolute Gasteiger partial charge is 0.490 e. The van der Waals surface area contributed by atoms with Crippen LogP contribution in [0.4, 0.5) is 5.69 Å². The molecule has 0 heterocycles. The molecule has 0 unspecified atom stereocenters. The number of aryl methyl sites for hydroxylation is 2. The van der Waals surface area contributed by atoms with Crippen LogP contribution in [0, 0.1) is 13.8 Å². The van der Waals surface area contributed by atoms with Crippen molar-refractivity contribution in [2.24, 2.45) is 0 Å². The lowest BCUT2D eigenvalue weighted by Crippen LogP contribution is -2.04. The monoisotopic (exact) mass is 395 g/mol. The maximum Gasteiger partial charge on any atom is 0.161 e. The van der Waals surface area contributed by atoms with Crippen molar-refractivity contribution in [2.75, 3.05) is 11.9 Å². The van der Waals surface area contributed by atoms with Crippen molar-refractivity contribution in [1.29, 1.82) is 0 Å². The average Bonchev–Trinajstić information content (AvgIpc) is 2.69. The molecule has 0 saturated heterocycles. The lowest BCUT2D eigenvalue weighted by atomic mass is 10.1. The molecule has 0 saturated carbocycles. The average molecular weight is 396 g/mol. The molecule has 1 N–H and O–H groups in total. The number of anilines is 1. The van der Waals surface area contributed by atoms with Crippen LogP contribution in [0.3, 0.4) is 0 Å². The van der Waals surface area contributed by atoms with E-state index in [1.807, 2.05) is 43.3 Å². The first-order chi connectivity index (χ1) is 13.6. The summed E-state index contributed by atoms with van der Waals surface area (Å²) in [5.41, 5.74) is 5.71. The number of nitrogens with one attached hydrogen (secondary N) is 1. The van der Waals surface area contributed by atoms with E-state index >= 15 is 0 Å². The highest BCUT2D eigenvalue weighted by Gasteiger charge is 2.09. The molecule has 3 aromatic carbocycles. The Hall–Kier alpha value is -2.65. The first kappa shape index (κ1) is 20.1. The fraction of sp³-hybridized carbons (Fsp3) is 0.250. The van der Waals surface area contributed by atoms with Crippen molar-refractivity contribution in [2.45, 2.75) is 33.9 Å². The van der Waals surface area contributed by atoms with Crippen LogP contribution in [0.15, 0.2) is 60.7 Å². The third kappa shape index (κ3) is 5.20. The van der Waals surface area contributed by atoms with Gasteiger partial charge < -0.3 is 14.8 Å². The molecule has 0 aromatic heterocycles. The maximum atomic E-state index is 6.22. The minimum Gasteiger partial charge on any atom is -0.490 e. The van der Waals surface area contributed by atoms with Crippen molar-refractivity contribution >= 4 is 17.3 Å². The SMILES string of the molecule is CCOc1cc(CNc2cc(C)ccc2C)ccc1OCc1ccccc1Cl. The summed E-state index contributed by atoms with van der Waals surface area (Å²) in [6.45, 7) is 7.88. The summed E-state index contributed by atoms with van der Waals surface area (Å²) in [4.78, 5) is 0. The van der Waals surface area contributed by atoms with E-state index in [0.717, 1.165) is 34.9 Å². The highest BCUT2D eigenvalue weighted by Crippen LogP contribution is 2.30. The molecule has 3 aromatic rings. The Balaban J connectivity index is 1.71. The van der Waals surface area contributed by atoms with E-state index in [4.69, 9.17) is 21.1 Å². The quantitative estimate of drug-likeness (QED) is 0.469. The van der Waals surface area contributed by atoms with Gasteiger partial charge in [0.2, 0.25) is 0 Å². The molecule has 0 bridgehead atoms. The van der Waals surface area contributed by atoms with Gasteiger partial charge in [0.1, 0.15) is 6.61 Å². The smallest absolute Gasteiger partial charge is 0.161 e. The topological polar surface area (TPSA) is 30.5 Å². The van der Waals surface area contributed by atoms with Crippen LogP contribution in [0.1, 0.15) is 29.2 Å². The third-order valence-corrected chi connectivity index (χ3v) is 4.89. The van der Waals surface area contributed by atoms with Crippen molar-refractivity contribution in [1.82, 2.24) is 0 Å². The molecule has 3 nitrogen and oxygen atoms in total. The van der Waals surface area contributed by atoms with Crippen molar-refractivity contribution in [3.05, 3.63) is 87.9 Å². The zero-order valence-electron chi connectivity index (χ0n) is 16.6. The highest BCUT2D eigenvalue weighted by atomic mass is 35.5. The summed E-state index contributed by atoms with van der Waals surface area (Å²) in [5.74, 6) is 1.46. The zero-order chi connectivity index (χ0) is 19.9. The van der Waals surface area contributed by atoms with Crippen LogP contribution < -0.4 is 14.8 Å².